The van der Waals surface area contributed by atoms with Gasteiger partial charge in [0.25, 0.3) is 0 Å². The average molecular weight is 260 g/mol. The second-order valence-corrected chi connectivity index (χ2v) is 4.52. The first kappa shape index (κ1) is 13.5. The number of aryl methyl sites for hydroxylation is 1. The summed E-state index contributed by atoms with van der Waals surface area (Å²) < 4.78 is 1.88. The van der Waals surface area contributed by atoms with Crippen molar-refractivity contribution < 1.29 is 0 Å². The van der Waals surface area contributed by atoms with E-state index in [0.29, 0.717) is 0 Å². The number of anilines is 1. The zero-order valence-electron chi connectivity index (χ0n) is 11.9. The molecule has 0 saturated carbocycles. The number of hydrogen-bond acceptors (Lipinski definition) is 5. The van der Waals surface area contributed by atoms with Gasteiger partial charge in [-0.25, -0.2) is 4.68 Å². The molecule has 0 unspecified atom stereocenters. The van der Waals surface area contributed by atoms with Gasteiger partial charge in [-0.2, -0.15) is 0 Å². The van der Waals surface area contributed by atoms with E-state index >= 15 is 0 Å². The van der Waals surface area contributed by atoms with Crippen molar-refractivity contribution in [3.8, 4) is 11.4 Å². The molecule has 0 radical (unpaired) electrons. The van der Waals surface area contributed by atoms with E-state index in [1.54, 1.807) is 6.20 Å². The fourth-order valence-corrected chi connectivity index (χ4v) is 2.00. The zero-order chi connectivity index (χ0) is 13.8. The Morgan fingerprint density at radius 2 is 1.95 bits per heavy atom. The minimum atomic E-state index is 0.837. The summed E-state index contributed by atoms with van der Waals surface area (Å²) in [4.78, 5) is 0. The van der Waals surface area contributed by atoms with Gasteiger partial charge in [0.1, 0.15) is 11.4 Å². The van der Waals surface area contributed by atoms with Crippen LogP contribution >= 0.6 is 0 Å². The van der Waals surface area contributed by atoms with Crippen molar-refractivity contribution in [1.82, 2.24) is 25.2 Å². The van der Waals surface area contributed by atoms with Crippen molar-refractivity contribution in [3.63, 3.8) is 0 Å². The standard InChI is InChI=1S/C13H20N6/c1-5-7-19-11(8-15-18-19)12-9(3)10(4)13(14-6-2)17-16-12/h8H,5-7H2,1-4H3,(H,14,17). The van der Waals surface area contributed by atoms with Gasteiger partial charge in [-0.1, -0.05) is 12.1 Å². The quantitative estimate of drug-likeness (QED) is 0.892. The predicted molar refractivity (Wildman–Crippen MR) is 75.0 cm³/mol. The number of nitrogens with one attached hydrogen (secondary N) is 1. The first-order valence-electron chi connectivity index (χ1n) is 6.65. The molecule has 1 N–H and O–H groups in total. The summed E-state index contributed by atoms with van der Waals surface area (Å²) in [5.41, 5.74) is 4.03. The Bertz CT molecular complexity index is 560. The van der Waals surface area contributed by atoms with E-state index in [1.807, 2.05) is 11.6 Å². The summed E-state index contributed by atoms with van der Waals surface area (Å²) >= 11 is 0. The molecule has 2 rings (SSSR count). The van der Waals surface area contributed by atoms with Crippen LogP contribution in [0.3, 0.4) is 0 Å². The van der Waals surface area contributed by atoms with Crippen LogP contribution in [-0.2, 0) is 6.54 Å². The molecule has 0 amide bonds. The number of rotatable bonds is 5. The summed E-state index contributed by atoms with van der Waals surface area (Å²) in [7, 11) is 0. The molecule has 0 aliphatic carbocycles. The Morgan fingerprint density at radius 1 is 1.16 bits per heavy atom. The third kappa shape index (κ3) is 2.57. The maximum atomic E-state index is 4.33. The molecule has 0 saturated heterocycles. The van der Waals surface area contributed by atoms with Crippen LogP contribution in [0, 0.1) is 13.8 Å². The van der Waals surface area contributed by atoms with E-state index in [1.165, 1.54) is 0 Å². The van der Waals surface area contributed by atoms with Gasteiger partial charge >= 0.3 is 0 Å². The van der Waals surface area contributed by atoms with Gasteiger partial charge in [0, 0.05) is 13.1 Å². The maximum Gasteiger partial charge on any atom is 0.151 e. The highest BCUT2D eigenvalue weighted by atomic mass is 15.4. The summed E-state index contributed by atoms with van der Waals surface area (Å²) in [5, 5.41) is 19.9. The Labute approximate surface area is 113 Å². The molecule has 2 heterocycles. The van der Waals surface area contributed by atoms with Crippen LogP contribution < -0.4 is 5.32 Å². The van der Waals surface area contributed by atoms with Crippen molar-refractivity contribution in [1.29, 1.82) is 0 Å². The van der Waals surface area contributed by atoms with Gasteiger partial charge in [0.2, 0.25) is 0 Å². The number of aromatic nitrogens is 5. The summed E-state index contributed by atoms with van der Waals surface area (Å²) in [6.45, 7) is 9.95. The second-order valence-electron chi connectivity index (χ2n) is 4.52. The van der Waals surface area contributed by atoms with Crippen LogP contribution in [0.4, 0.5) is 5.82 Å². The van der Waals surface area contributed by atoms with Crippen LogP contribution in [0.25, 0.3) is 11.4 Å². The fourth-order valence-electron chi connectivity index (χ4n) is 2.00. The van der Waals surface area contributed by atoms with Crippen LogP contribution in [0.15, 0.2) is 6.20 Å². The van der Waals surface area contributed by atoms with Crippen molar-refractivity contribution >= 4 is 5.82 Å². The molecule has 6 heteroatoms. The van der Waals surface area contributed by atoms with Crippen LogP contribution in [0.2, 0.25) is 0 Å². The van der Waals surface area contributed by atoms with Gasteiger partial charge in [-0.05, 0) is 38.3 Å². The summed E-state index contributed by atoms with van der Waals surface area (Å²) in [6.07, 6.45) is 2.76. The monoisotopic (exact) mass is 260 g/mol. The lowest BCUT2D eigenvalue weighted by atomic mass is 10.1. The van der Waals surface area contributed by atoms with Crippen LogP contribution in [0.1, 0.15) is 31.4 Å². The van der Waals surface area contributed by atoms with Crippen LogP contribution in [-0.4, -0.2) is 31.7 Å². The third-order valence-corrected chi connectivity index (χ3v) is 3.16. The molecule has 0 aromatic carbocycles. The SMILES string of the molecule is CCCn1nncc1-c1nnc(NCC)c(C)c1C. The van der Waals surface area contributed by atoms with Crippen LogP contribution in [0.5, 0.6) is 0 Å². The molecule has 0 spiro atoms. The van der Waals surface area contributed by atoms with E-state index in [9.17, 15) is 0 Å². The topological polar surface area (TPSA) is 68.5 Å². The smallest absolute Gasteiger partial charge is 0.151 e. The van der Waals surface area contributed by atoms with Crippen molar-refractivity contribution in [2.24, 2.45) is 0 Å². The molecule has 2 aromatic heterocycles. The molecule has 6 nitrogen and oxygen atoms in total. The Kier molecular flexibility index (Phi) is 4.09. The van der Waals surface area contributed by atoms with E-state index in [4.69, 9.17) is 0 Å². The molecular formula is C13H20N6. The minimum absolute atomic E-state index is 0.837. The Hall–Kier alpha value is -1.98. The van der Waals surface area contributed by atoms with Gasteiger partial charge < -0.3 is 5.32 Å². The summed E-state index contributed by atoms with van der Waals surface area (Å²) in [5.74, 6) is 0.846. The van der Waals surface area contributed by atoms with Crippen molar-refractivity contribution in [2.75, 3.05) is 11.9 Å². The molecule has 2 aromatic rings. The van der Waals surface area contributed by atoms with E-state index in [0.717, 1.165) is 47.8 Å². The molecule has 0 aliphatic rings. The molecule has 102 valence electrons. The molecule has 19 heavy (non-hydrogen) atoms. The predicted octanol–water partition coefficient (Wildman–Crippen LogP) is 2.19. The van der Waals surface area contributed by atoms with Gasteiger partial charge in [-0.3, -0.25) is 0 Å². The Morgan fingerprint density at radius 3 is 2.63 bits per heavy atom. The molecule has 0 bridgehead atoms. The first-order valence-corrected chi connectivity index (χ1v) is 6.65. The second kappa shape index (κ2) is 5.77. The van der Waals surface area contributed by atoms with E-state index < -0.39 is 0 Å². The Balaban J connectivity index is 2.45. The van der Waals surface area contributed by atoms with E-state index in [-0.39, 0.29) is 0 Å². The van der Waals surface area contributed by atoms with E-state index in [2.05, 4.69) is 46.6 Å². The lowest BCUT2D eigenvalue weighted by Gasteiger charge is -2.12. The molecule has 0 fully saturated rings. The molecule has 0 atom stereocenters. The highest BCUT2D eigenvalue weighted by Gasteiger charge is 2.15. The third-order valence-electron chi connectivity index (χ3n) is 3.16. The molecule has 0 aliphatic heterocycles. The van der Waals surface area contributed by atoms with Gasteiger partial charge in [0.15, 0.2) is 5.82 Å². The lowest BCUT2D eigenvalue weighted by Crippen LogP contribution is -2.08. The van der Waals surface area contributed by atoms with Crippen molar-refractivity contribution in [3.05, 3.63) is 17.3 Å². The largest absolute Gasteiger partial charge is 0.369 e. The minimum Gasteiger partial charge on any atom is -0.369 e. The van der Waals surface area contributed by atoms with Crippen molar-refractivity contribution in [2.45, 2.75) is 40.7 Å². The number of hydrogen-bond donors (Lipinski definition) is 1. The lowest BCUT2D eigenvalue weighted by molar-refractivity contribution is 0.582. The highest BCUT2D eigenvalue weighted by Crippen LogP contribution is 2.25. The molecular weight excluding hydrogens is 240 g/mol. The highest BCUT2D eigenvalue weighted by molar-refractivity contribution is 5.63. The van der Waals surface area contributed by atoms with Gasteiger partial charge in [0.05, 0.1) is 6.20 Å². The van der Waals surface area contributed by atoms with Gasteiger partial charge in [-0.15, -0.1) is 15.3 Å². The zero-order valence-corrected chi connectivity index (χ0v) is 11.9. The number of nitrogens with zero attached hydrogens (tertiary/aromatic N) is 5. The normalized spacial score (nSPS) is 10.7. The summed E-state index contributed by atoms with van der Waals surface area (Å²) in [6, 6.07) is 0. The first-order chi connectivity index (χ1) is 9.19. The average Bonchev–Trinajstić information content (AvgIpc) is 2.84. The maximum absolute atomic E-state index is 4.33. The fraction of sp³-hybridized carbons (Fsp3) is 0.538.